The summed E-state index contributed by atoms with van der Waals surface area (Å²) in [5.41, 5.74) is 3.82. The fraction of sp³-hybridized carbons (Fsp3) is 0.125. The molecule has 0 aliphatic rings. The van der Waals surface area contributed by atoms with Crippen molar-refractivity contribution in [3.8, 4) is 11.5 Å². The third-order valence-electron chi connectivity index (χ3n) is 3.39. The molecule has 0 unspecified atom stereocenters. The van der Waals surface area contributed by atoms with Crippen LogP contribution in [-0.4, -0.2) is 30.3 Å². The van der Waals surface area contributed by atoms with Crippen molar-refractivity contribution in [1.29, 1.82) is 0 Å². The van der Waals surface area contributed by atoms with E-state index in [0.29, 0.717) is 10.9 Å². The zero-order valence-corrected chi connectivity index (χ0v) is 14.2. The lowest BCUT2D eigenvalue weighted by Gasteiger charge is -2.08. The van der Waals surface area contributed by atoms with Gasteiger partial charge in [-0.1, -0.05) is 23.5 Å². The van der Waals surface area contributed by atoms with Crippen LogP contribution in [0.5, 0.6) is 11.5 Å². The quantitative estimate of drug-likeness (QED) is 0.410. The number of benzene rings is 2. The van der Waals surface area contributed by atoms with Gasteiger partial charge in [-0.05, 0) is 18.2 Å². The minimum absolute atomic E-state index is 0.132. The summed E-state index contributed by atoms with van der Waals surface area (Å²) in [6.07, 6.45) is 1.35. The van der Waals surface area contributed by atoms with Crippen LogP contribution in [0.2, 0.25) is 0 Å². The molecule has 0 atom stereocenters. The van der Waals surface area contributed by atoms with Crippen LogP contribution in [0.4, 0.5) is 10.8 Å². The summed E-state index contributed by atoms with van der Waals surface area (Å²) in [6.45, 7) is 0. The predicted octanol–water partition coefficient (Wildman–Crippen LogP) is 3.67. The van der Waals surface area contributed by atoms with Crippen LogP contribution in [0.25, 0.3) is 10.2 Å². The van der Waals surface area contributed by atoms with Crippen LogP contribution < -0.4 is 14.9 Å². The van der Waals surface area contributed by atoms with E-state index in [-0.39, 0.29) is 17.0 Å². The molecule has 0 spiro atoms. The van der Waals surface area contributed by atoms with Gasteiger partial charge in [0.25, 0.3) is 5.69 Å². The molecule has 0 aliphatic carbocycles. The highest BCUT2D eigenvalue weighted by Gasteiger charge is 2.18. The Balaban J connectivity index is 1.87. The van der Waals surface area contributed by atoms with Gasteiger partial charge in [-0.3, -0.25) is 15.5 Å². The molecule has 0 saturated carbocycles. The smallest absolute Gasteiger partial charge is 0.282 e. The van der Waals surface area contributed by atoms with Crippen molar-refractivity contribution in [2.24, 2.45) is 5.10 Å². The largest absolute Gasteiger partial charge is 0.493 e. The Morgan fingerprint density at radius 3 is 2.64 bits per heavy atom. The Morgan fingerprint density at radius 2 is 1.96 bits per heavy atom. The van der Waals surface area contributed by atoms with Crippen molar-refractivity contribution in [3.05, 3.63) is 52.1 Å². The third-order valence-corrected chi connectivity index (χ3v) is 4.33. The molecule has 1 aromatic heterocycles. The second kappa shape index (κ2) is 7.14. The predicted molar refractivity (Wildman–Crippen MR) is 97.0 cm³/mol. The molecule has 0 aliphatic heterocycles. The van der Waals surface area contributed by atoms with Gasteiger partial charge in [-0.25, -0.2) is 4.98 Å². The zero-order valence-electron chi connectivity index (χ0n) is 13.4. The highest BCUT2D eigenvalue weighted by molar-refractivity contribution is 7.22. The van der Waals surface area contributed by atoms with Gasteiger partial charge in [0, 0.05) is 0 Å². The van der Waals surface area contributed by atoms with E-state index in [1.54, 1.807) is 0 Å². The Hall–Kier alpha value is -3.20. The van der Waals surface area contributed by atoms with Gasteiger partial charge < -0.3 is 9.47 Å². The summed E-state index contributed by atoms with van der Waals surface area (Å²) < 4.78 is 11.3. The van der Waals surface area contributed by atoms with Crippen LogP contribution >= 0.6 is 11.3 Å². The average molecular weight is 358 g/mol. The second-order valence-electron chi connectivity index (χ2n) is 4.88. The van der Waals surface area contributed by atoms with Crippen molar-refractivity contribution in [3.63, 3.8) is 0 Å². The summed E-state index contributed by atoms with van der Waals surface area (Å²) >= 11 is 1.44. The normalized spacial score (nSPS) is 11.0. The van der Waals surface area contributed by atoms with Crippen LogP contribution in [0.15, 0.2) is 41.5 Å². The van der Waals surface area contributed by atoms with Gasteiger partial charge in [-0.15, -0.1) is 0 Å². The van der Waals surface area contributed by atoms with Crippen LogP contribution in [0, 0.1) is 10.1 Å². The SMILES string of the molecule is COc1cc(C=NNc2nc3ccccc3s2)c([N+](=O)[O-])cc1OC. The Kier molecular flexibility index (Phi) is 4.75. The molecule has 0 radical (unpaired) electrons. The van der Waals surface area contributed by atoms with Gasteiger partial charge in [0.05, 0.1) is 47.2 Å². The van der Waals surface area contributed by atoms with Crippen molar-refractivity contribution < 1.29 is 14.4 Å². The Labute approximate surface area is 146 Å². The maximum Gasteiger partial charge on any atom is 0.282 e. The van der Waals surface area contributed by atoms with Gasteiger partial charge in [0.15, 0.2) is 11.5 Å². The number of thiazole rings is 1. The molecule has 2 aromatic carbocycles. The van der Waals surface area contributed by atoms with E-state index >= 15 is 0 Å². The van der Waals surface area contributed by atoms with Crippen LogP contribution in [0.1, 0.15) is 5.56 Å². The molecule has 1 N–H and O–H groups in total. The molecule has 128 valence electrons. The molecule has 0 fully saturated rings. The lowest BCUT2D eigenvalue weighted by atomic mass is 10.1. The topological polar surface area (TPSA) is 98.9 Å². The van der Waals surface area contributed by atoms with Gasteiger partial charge in [-0.2, -0.15) is 5.10 Å². The lowest BCUT2D eigenvalue weighted by molar-refractivity contribution is -0.385. The molecule has 0 saturated heterocycles. The van der Waals surface area contributed by atoms with Crippen LogP contribution in [0.3, 0.4) is 0 Å². The zero-order chi connectivity index (χ0) is 17.8. The molecule has 3 rings (SSSR count). The van der Waals surface area contributed by atoms with Crippen molar-refractivity contribution >= 4 is 38.6 Å². The monoisotopic (exact) mass is 358 g/mol. The summed E-state index contributed by atoms with van der Waals surface area (Å²) in [6, 6.07) is 10.5. The van der Waals surface area contributed by atoms with Crippen LogP contribution in [-0.2, 0) is 0 Å². The summed E-state index contributed by atoms with van der Waals surface area (Å²) in [5.74, 6) is 0.667. The van der Waals surface area contributed by atoms with Gasteiger partial charge in [0.1, 0.15) is 0 Å². The number of nitro groups is 1. The fourth-order valence-corrected chi connectivity index (χ4v) is 3.04. The number of methoxy groups -OCH3 is 2. The summed E-state index contributed by atoms with van der Waals surface area (Å²) in [7, 11) is 2.88. The number of ether oxygens (including phenoxy) is 2. The van der Waals surface area contributed by atoms with Crippen molar-refractivity contribution in [2.45, 2.75) is 0 Å². The highest BCUT2D eigenvalue weighted by Crippen LogP contribution is 2.33. The molecule has 0 amide bonds. The molecule has 9 heteroatoms. The lowest BCUT2D eigenvalue weighted by Crippen LogP contribution is -1.99. The van der Waals surface area contributed by atoms with E-state index in [2.05, 4.69) is 15.5 Å². The molecule has 25 heavy (non-hydrogen) atoms. The fourth-order valence-electron chi connectivity index (χ4n) is 2.22. The van der Waals surface area contributed by atoms with E-state index < -0.39 is 4.92 Å². The number of fused-ring (bicyclic) bond motifs is 1. The van der Waals surface area contributed by atoms with E-state index in [1.165, 1.54) is 43.9 Å². The molecular formula is C16H14N4O4S. The first-order chi connectivity index (χ1) is 12.1. The highest BCUT2D eigenvalue weighted by atomic mass is 32.1. The van der Waals surface area contributed by atoms with Crippen molar-refractivity contribution in [2.75, 3.05) is 19.6 Å². The van der Waals surface area contributed by atoms with Gasteiger partial charge in [0.2, 0.25) is 5.13 Å². The molecule has 3 aromatic rings. The first kappa shape index (κ1) is 16.7. The first-order valence-corrected chi connectivity index (χ1v) is 7.99. The minimum atomic E-state index is -0.499. The molecular weight excluding hydrogens is 344 g/mol. The van der Waals surface area contributed by atoms with Gasteiger partial charge >= 0.3 is 0 Å². The number of hydrazone groups is 1. The van der Waals surface area contributed by atoms with Crippen molar-refractivity contribution in [1.82, 2.24) is 4.98 Å². The number of nitrogens with zero attached hydrogens (tertiary/aromatic N) is 3. The summed E-state index contributed by atoms with van der Waals surface area (Å²) in [5, 5.41) is 15.9. The number of para-hydroxylation sites is 1. The minimum Gasteiger partial charge on any atom is -0.493 e. The Morgan fingerprint density at radius 1 is 1.24 bits per heavy atom. The second-order valence-corrected chi connectivity index (χ2v) is 5.91. The average Bonchev–Trinajstić information content (AvgIpc) is 3.03. The number of nitro benzene ring substituents is 1. The first-order valence-electron chi connectivity index (χ1n) is 7.17. The maximum absolute atomic E-state index is 11.3. The number of nitrogens with one attached hydrogen (secondary N) is 1. The Bertz CT molecular complexity index is 921. The van der Waals surface area contributed by atoms with E-state index in [4.69, 9.17) is 9.47 Å². The third kappa shape index (κ3) is 3.50. The number of hydrogen-bond acceptors (Lipinski definition) is 8. The number of hydrogen-bond donors (Lipinski definition) is 1. The standard InChI is InChI=1S/C16H14N4O4S/c1-23-13-7-10(12(20(21)22)8-14(13)24-2)9-17-19-16-18-11-5-3-4-6-15(11)25-16/h3-9H,1-2H3,(H,18,19). The maximum atomic E-state index is 11.3. The number of anilines is 1. The number of rotatable bonds is 6. The molecule has 8 nitrogen and oxygen atoms in total. The molecule has 0 bridgehead atoms. The van der Waals surface area contributed by atoms with E-state index in [1.807, 2.05) is 24.3 Å². The molecule has 1 heterocycles. The van der Waals surface area contributed by atoms with E-state index in [9.17, 15) is 10.1 Å². The van der Waals surface area contributed by atoms with E-state index in [0.717, 1.165) is 10.2 Å². The number of aromatic nitrogens is 1. The summed E-state index contributed by atoms with van der Waals surface area (Å²) in [4.78, 5) is 15.1.